The molecule has 0 bridgehead atoms. The van der Waals surface area contributed by atoms with Crippen molar-refractivity contribution in [2.45, 2.75) is 31.5 Å². The van der Waals surface area contributed by atoms with E-state index < -0.39 is 43.4 Å². The lowest BCUT2D eigenvalue weighted by molar-refractivity contribution is -0.182. The molecule has 0 radical (unpaired) electrons. The van der Waals surface area contributed by atoms with Gasteiger partial charge in [0.05, 0.1) is 22.9 Å². The Balaban J connectivity index is 2.16. The standard InChI is InChI=1S/C16H20INO7/c1-8(21)14(7-20)25-16(23)12(6-19)18-10-3-2-9-4-11(17)15(22)24-13(9)5-10/h2-5,8,12,14,16,18-21,23H,6-7H2,1H3/t8-,12-,14?,16?/m0/s1. The van der Waals surface area contributed by atoms with Crippen LogP contribution in [0, 0.1) is 3.57 Å². The van der Waals surface area contributed by atoms with E-state index in [0.717, 1.165) is 5.39 Å². The maximum atomic E-state index is 11.6. The number of aliphatic hydroxyl groups excluding tert-OH is 4. The maximum absolute atomic E-state index is 11.6. The summed E-state index contributed by atoms with van der Waals surface area (Å²) < 4.78 is 10.8. The number of ether oxygens (including phenoxy) is 1. The molecule has 2 unspecified atom stereocenters. The van der Waals surface area contributed by atoms with Gasteiger partial charge >= 0.3 is 5.63 Å². The second-order valence-corrected chi connectivity index (χ2v) is 6.72. The van der Waals surface area contributed by atoms with Gasteiger partial charge in [-0.25, -0.2) is 4.79 Å². The lowest BCUT2D eigenvalue weighted by atomic mass is 10.2. The van der Waals surface area contributed by atoms with Crippen LogP contribution in [0.1, 0.15) is 6.92 Å². The van der Waals surface area contributed by atoms with Crippen LogP contribution >= 0.6 is 22.6 Å². The van der Waals surface area contributed by atoms with E-state index in [4.69, 9.17) is 14.3 Å². The lowest BCUT2D eigenvalue weighted by Crippen LogP contribution is -2.44. The Bertz CT molecular complexity index is 764. The van der Waals surface area contributed by atoms with Crippen molar-refractivity contribution in [1.29, 1.82) is 0 Å². The summed E-state index contributed by atoms with van der Waals surface area (Å²) in [5.74, 6) is 0. The van der Waals surface area contributed by atoms with Crippen molar-refractivity contribution >= 4 is 39.2 Å². The zero-order valence-corrected chi connectivity index (χ0v) is 15.6. The average Bonchev–Trinajstić information content (AvgIpc) is 2.58. The number of benzene rings is 1. The maximum Gasteiger partial charge on any atom is 0.349 e. The van der Waals surface area contributed by atoms with Gasteiger partial charge in [0.2, 0.25) is 0 Å². The minimum absolute atomic E-state index is 0.361. The molecule has 9 heteroatoms. The summed E-state index contributed by atoms with van der Waals surface area (Å²) in [5, 5.41) is 41.7. The highest BCUT2D eigenvalue weighted by Crippen LogP contribution is 2.21. The summed E-state index contributed by atoms with van der Waals surface area (Å²) in [4.78, 5) is 11.6. The average molecular weight is 465 g/mol. The molecular weight excluding hydrogens is 445 g/mol. The van der Waals surface area contributed by atoms with Crippen LogP contribution in [-0.4, -0.2) is 58.2 Å². The topological polar surface area (TPSA) is 132 Å². The van der Waals surface area contributed by atoms with Crippen LogP contribution < -0.4 is 10.9 Å². The first-order chi connectivity index (χ1) is 11.8. The van der Waals surface area contributed by atoms with Crippen molar-refractivity contribution < 1.29 is 29.6 Å². The largest absolute Gasteiger partial charge is 0.422 e. The van der Waals surface area contributed by atoms with Gasteiger partial charge in [-0.2, -0.15) is 0 Å². The molecule has 1 aromatic carbocycles. The van der Waals surface area contributed by atoms with Gasteiger partial charge < -0.3 is 34.9 Å². The summed E-state index contributed by atoms with van der Waals surface area (Å²) in [6, 6.07) is 5.78. The number of halogens is 1. The monoisotopic (exact) mass is 465 g/mol. The molecule has 0 saturated heterocycles. The van der Waals surface area contributed by atoms with Crippen LogP contribution in [0.25, 0.3) is 11.0 Å². The highest BCUT2D eigenvalue weighted by Gasteiger charge is 2.25. The molecule has 0 spiro atoms. The molecule has 138 valence electrons. The summed E-state index contributed by atoms with van der Waals surface area (Å²) in [7, 11) is 0. The summed E-state index contributed by atoms with van der Waals surface area (Å²) in [6.07, 6.45) is -3.45. The minimum atomic E-state index is -1.48. The summed E-state index contributed by atoms with van der Waals surface area (Å²) in [6.45, 7) is 0.474. The Labute approximate surface area is 157 Å². The van der Waals surface area contributed by atoms with Gasteiger partial charge in [-0.15, -0.1) is 0 Å². The van der Waals surface area contributed by atoms with E-state index in [0.29, 0.717) is 14.8 Å². The molecule has 4 atom stereocenters. The van der Waals surface area contributed by atoms with Gasteiger partial charge in [0.15, 0.2) is 6.29 Å². The van der Waals surface area contributed by atoms with Gasteiger partial charge in [0, 0.05) is 17.1 Å². The van der Waals surface area contributed by atoms with Crippen LogP contribution in [0.2, 0.25) is 0 Å². The highest BCUT2D eigenvalue weighted by atomic mass is 127. The number of aliphatic hydroxyl groups is 4. The van der Waals surface area contributed by atoms with Crippen LogP contribution in [0.5, 0.6) is 0 Å². The number of anilines is 1. The van der Waals surface area contributed by atoms with E-state index in [9.17, 15) is 20.1 Å². The molecule has 0 aliphatic rings. The van der Waals surface area contributed by atoms with Crippen molar-refractivity contribution in [1.82, 2.24) is 0 Å². The molecule has 8 nitrogen and oxygen atoms in total. The fourth-order valence-corrected chi connectivity index (χ4v) is 2.63. The number of hydrogen-bond acceptors (Lipinski definition) is 8. The van der Waals surface area contributed by atoms with Gasteiger partial charge in [-0.3, -0.25) is 0 Å². The molecule has 2 rings (SSSR count). The fourth-order valence-electron chi connectivity index (χ4n) is 2.18. The van der Waals surface area contributed by atoms with Gasteiger partial charge in [-0.05, 0) is 47.7 Å². The first kappa shape index (κ1) is 20.1. The summed E-state index contributed by atoms with van der Waals surface area (Å²) in [5.41, 5.74) is 0.408. The van der Waals surface area contributed by atoms with E-state index in [1.54, 1.807) is 24.3 Å². The molecule has 2 aromatic rings. The Kier molecular flexibility index (Phi) is 7.16. The third kappa shape index (κ3) is 5.12. The zero-order chi connectivity index (χ0) is 18.6. The normalized spacial score (nSPS) is 16.4. The molecular formula is C16H20INO7. The molecule has 1 aromatic heterocycles. The van der Waals surface area contributed by atoms with E-state index >= 15 is 0 Å². The number of hydrogen-bond donors (Lipinski definition) is 5. The van der Waals surface area contributed by atoms with Crippen molar-refractivity contribution in [3.8, 4) is 0 Å². The molecule has 5 N–H and O–H groups in total. The van der Waals surface area contributed by atoms with Crippen LogP contribution in [0.15, 0.2) is 33.5 Å². The Morgan fingerprint density at radius 3 is 2.56 bits per heavy atom. The highest BCUT2D eigenvalue weighted by molar-refractivity contribution is 14.1. The molecule has 0 saturated carbocycles. The zero-order valence-electron chi connectivity index (χ0n) is 13.4. The lowest BCUT2D eigenvalue weighted by Gasteiger charge is -2.28. The summed E-state index contributed by atoms with van der Waals surface area (Å²) >= 11 is 1.89. The molecule has 0 fully saturated rings. The van der Waals surface area contributed by atoms with E-state index in [2.05, 4.69) is 5.32 Å². The fraction of sp³-hybridized carbons (Fsp3) is 0.438. The molecule has 0 aliphatic carbocycles. The van der Waals surface area contributed by atoms with E-state index in [1.807, 2.05) is 22.6 Å². The van der Waals surface area contributed by atoms with Crippen LogP contribution in [0.4, 0.5) is 5.69 Å². The van der Waals surface area contributed by atoms with Crippen LogP contribution in [-0.2, 0) is 4.74 Å². The Morgan fingerprint density at radius 2 is 1.96 bits per heavy atom. The van der Waals surface area contributed by atoms with E-state index in [-0.39, 0.29) is 0 Å². The first-order valence-electron chi connectivity index (χ1n) is 7.59. The predicted molar refractivity (Wildman–Crippen MR) is 99.3 cm³/mol. The van der Waals surface area contributed by atoms with Crippen molar-refractivity contribution in [3.05, 3.63) is 38.3 Å². The first-order valence-corrected chi connectivity index (χ1v) is 8.66. The van der Waals surface area contributed by atoms with E-state index in [1.165, 1.54) is 6.92 Å². The predicted octanol–water partition coefficient (Wildman–Crippen LogP) is 0.247. The van der Waals surface area contributed by atoms with Crippen molar-refractivity contribution in [2.75, 3.05) is 18.5 Å². The Hall–Kier alpha value is -1.24. The van der Waals surface area contributed by atoms with Crippen molar-refractivity contribution in [2.24, 2.45) is 0 Å². The van der Waals surface area contributed by atoms with Gasteiger partial charge in [0.25, 0.3) is 0 Å². The molecule has 0 aliphatic heterocycles. The Morgan fingerprint density at radius 1 is 1.24 bits per heavy atom. The molecule has 25 heavy (non-hydrogen) atoms. The third-order valence-electron chi connectivity index (χ3n) is 3.62. The smallest absolute Gasteiger partial charge is 0.349 e. The third-order valence-corrected chi connectivity index (χ3v) is 4.37. The second-order valence-electron chi connectivity index (χ2n) is 5.56. The SMILES string of the molecule is C[C@H](O)C(CO)OC(O)[C@H](CO)Nc1ccc2cc(I)c(=O)oc2c1. The molecule has 0 amide bonds. The van der Waals surface area contributed by atoms with Gasteiger partial charge in [0.1, 0.15) is 17.7 Å². The number of nitrogens with one attached hydrogen (secondary N) is 1. The van der Waals surface area contributed by atoms with Gasteiger partial charge in [-0.1, -0.05) is 0 Å². The molecule has 1 heterocycles. The van der Waals surface area contributed by atoms with Crippen molar-refractivity contribution in [3.63, 3.8) is 0 Å². The number of fused-ring (bicyclic) bond motifs is 1. The second kappa shape index (κ2) is 8.92. The number of rotatable bonds is 8. The van der Waals surface area contributed by atoms with Crippen LogP contribution in [0.3, 0.4) is 0 Å². The minimum Gasteiger partial charge on any atom is -0.422 e. The quantitative estimate of drug-likeness (QED) is 0.213.